The summed E-state index contributed by atoms with van der Waals surface area (Å²) >= 11 is 3.32. The van der Waals surface area contributed by atoms with Crippen molar-refractivity contribution < 1.29 is 9.53 Å². The van der Waals surface area contributed by atoms with Gasteiger partial charge in [-0.1, -0.05) is 24.3 Å². The van der Waals surface area contributed by atoms with E-state index in [1.54, 1.807) is 30.2 Å². The number of thioether (sulfide) groups is 1. The fourth-order valence-corrected chi connectivity index (χ4v) is 4.77. The van der Waals surface area contributed by atoms with Crippen molar-refractivity contribution in [3.05, 3.63) is 57.9 Å². The maximum absolute atomic E-state index is 12.7. The molecule has 0 saturated heterocycles. The molecule has 0 N–H and O–H groups in total. The summed E-state index contributed by atoms with van der Waals surface area (Å²) in [5, 5.41) is 0. The van der Waals surface area contributed by atoms with Crippen LogP contribution in [0.1, 0.15) is 28.4 Å². The molecule has 0 aliphatic heterocycles. The molecule has 0 aliphatic rings. The third kappa shape index (κ3) is 4.51. The van der Waals surface area contributed by atoms with Crippen LogP contribution in [0, 0.1) is 13.8 Å². The second-order valence-corrected chi connectivity index (χ2v) is 8.65. The third-order valence-electron chi connectivity index (χ3n) is 4.24. The van der Waals surface area contributed by atoms with Gasteiger partial charge in [-0.25, -0.2) is 0 Å². The fourth-order valence-electron chi connectivity index (χ4n) is 3.01. The van der Waals surface area contributed by atoms with Gasteiger partial charge in [-0.15, -0.1) is 11.8 Å². The number of carbonyl (C=O) groups excluding carboxylic acids is 1. The minimum atomic E-state index is -0.213. The maximum atomic E-state index is 12.7. The molecule has 3 rings (SSSR count). The van der Waals surface area contributed by atoms with Crippen molar-refractivity contribution in [2.24, 2.45) is 4.99 Å². The first-order valence-electron chi connectivity index (χ1n) is 8.95. The molecule has 0 bridgehead atoms. The molecule has 1 heterocycles. The lowest BCUT2D eigenvalue weighted by Gasteiger charge is -2.06. The molecule has 0 fully saturated rings. The van der Waals surface area contributed by atoms with Crippen LogP contribution in [0.25, 0.3) is 10.2 Å². The molecule has 27 heavy (non-hydrogen) atoms. The van der Waals surface area contributed by atoms with E-state index in [1.807, 2.05) is 24.3 Å². The summed E-state index contributed by atoms with van der Waals surface area (Å²) in [6.45, 7) is 7.54. The van der Waals surface area contributed by atoms with Crippen molar-refractivity contribution in [3.63, 3.8) is 0 Å². The van der Waals surface area contributed by atoms with E-state index in [2.05, 4.69) is 42.5 Å². The first-order chi connectivity index (χ1) is 13.0. The Bertz CT molecular complexity index is 1020. The molecule has 142 valence electrons. The Balaban J connectivity index is 2.05. The van der Waals surface area contributed by atoms with Crippen LogP contribution in [0.5, 0.6) is 0 Å². The molecule has 0 aliphatic carbocycles. The summed E-state index contributed by atoms with van der Waals surface area (Å²) in [6, 6.07) is 12.0. The number of hydrogen-bond acceptors (Lipinski definition) is 4. The lowest BCUT2D eigenvalue weighted by molar-refractivity contribution is 0.0997. The smallest absolute Gasteiger partial charge is 0.279 e. The Labute approximate surface area is 167 Å². The van der Waals surface area contributed by atoms with Gasteiger partial charge in [-0.05, 0) is 61.1 Å². The monoisotopic (exact) mass is 400 g/mol. The molecule has 0 radical (unpaired) electrons. The van der Waals surface area contributed by atoms with Gasteiger partial charge in [-0.2, -0.15) is 4.99 Å². The lowest BCUT2D eigenvalue weighted by atomic mass is 10.1. The predicted octanol–water partition coefficient (Wildman–Crippen LogP) is 4.82. The van der Waals surface area contributed by atoms with E-state index in [-0.39, 0.29) is 5.91 Å². The van der Waals surface area contributed by atoms with Crippen molar-refractivity contribution in [2.75, 3.05) is 19.5 Å². The number of rotatable bonds is 6. The molecule has 0 spiro atoms. The molecular formula is C21H24N2O2S2. The largest absolute Gasteiger partial charge is 0.383 e. The second kappa shape index (κ2) is 8.87. The highest BCUT2D eigenvalue weighted by atomic mass is 32.2. The number of hydrogen-bond donors (Lipinski definition) is 0. The summed E-state index contributed by atoms with van der Waals surface area (Å²) in [4.78, 5) is 19.1. The van der Waals surface area contributed by atoms with Gasteiger partial charge >= 0.3 is 0 Å². The average molecular weight is 401 g/mol. The zero-order valence-electron chi connectivity index (χ0n) is 16.1. The number of carbonyl (C=O) groups is 1. The quantitative estimate of drug-likeness (QED) is 0.557. The summed E-state index contributed by atoms with van der Waals surface area (Å²) in [6.07, 6.45) is 0. The Morgan fingerprint density at radius 2 is 1.96 bits per heavy atom. The van der Waals surface area contributed by atoms with Crippen LogP contribution in [0.4, 0.5) is 0 Å². The van der Waals surface area contributed by atoms with Crippen molar-refractivity contribution in [1.82, 2.24) is 4.57 Å². The summed E-state index contributed by atoms with van der Waals surface area (Å²) in [5.41, 5.74) is 4.12. The van der Waals surface area contributed by atoms with E-state index in [0.717, 1.165) is 20.9 Å². The van der Waals surface area contributed by atoms with Gasteiger partial charge in [0.15, 0.2) is 4.80 Å². The number of ether oxygens (including phenoxy) is 1. The maximum Gasteiger partial charge on any atom is 0.279 e. The Morgan fingerprint density at radius 3 is 2.63 bits per heavy atom. The number of nitrogens with zero attached hydrogens (tertiary/aromatic N) is 2. The predicted molar refractivity (Wildman–Crippen MR) is 114 cm³/mol. The molecular weight excluding hydrogens is 376 g/mol. The minimum Gasteiger partial charge on any atom is -0.383 e. The van der Waals surface area contributed by atoms with E-state index in [4.69, 9.17) is 4.74 Å². The van der Waals surface area contributed by atoms with Crippen molar-refractivity contribution in [1.29, 1.82) is 0 Å². The van der Waals surface area contributed by atoms with Gasteiger partial charge < -0.3 is 9.30 Å². The van der Waals surface area contributed by atoms with Gasteiger partial charge in [0, 0.05) is 24.1 Å². The molecule has 0 unspecified atom stereocenters. The van der Waals surface area contributed by atoms with Gasteiger partial charge in [-0.3, -0.25) is 4.79 Å². The SMILES string of the molecule is CCSc1ccc(C(=O)N=c2sc3c(C)cc(C)cc3n2CCOC)cc1. The van der Waals surface area contributed by atoms with Gasteiger partial charge in [0.25, 0.3) is 5.91 Å². The van der Waals surface area contributed by atoms with Crippen LogP contribution >= 0.6 is 23.1 Å². The molecule has 0 atom stereocenters. The number of methoxy groups -OCH3 is 1. The second-order valence-electron chi connectivity index (χ2n) is 6.33. The normalized spacial score (nSPS) is 12.1. The van der Waals surface area contributed by atoms with Crippen LogP contribution in [-0.4, -0.2) is 29.9 Å². The molecule has 1 amide bonds. The summed E-state index contributed by atoms with van der Waals surface area (Å²) in [5.74, 6) is 0.799. The molecule has 6 heteroatoms. The van der Waals surface area contributed by atoms with E-state index in [1.165, 1.54) is 11.1 Å². The van der Waals surface area contributed by atoms with Crippen LogP contribution in [0.3, 0.4) is 0 Å². The lowest BCUT2D eigenvalue weighted by Crippen LogP contribution is -2.19. The van der Waals surface area contributed by atoms with E-state index < -0.39 is 0 Å². The van der Waals surface area contributed by atoms with E-state index in [0.29, 0.717) is 23.5 Å². The van der Waals surface area contributed by atoms with Crippen LogP contribution < -0.4 is 4.80 Å². The van der Waals surface area contributed by atoms with Crippen molar-refractivity contribution >= 4 is 39.2 Å². The highest BCUT2D eigenvalue weighted by Gasteiger charge is 2.11. The fraction of sp³-hybridized carbons (Fsp3) is 0.333. The number of aromatic nitrogens is 1. The van der Waals surface area contributed by atoms with Gasteiger partial charge in [0.05, 0.1) is 16.8 Å². The minimum absolute atomic E-state index is 0.213. The van der Waals surface area contributed by atoms with Crippen LogP contribution in [0.15, 0.2) is 46.3 Å². The average Bonchev–Trinajstić information content (AvgIpc) is 2.98. The summed E-state index contributed by atoms with van der Waals surface area (Å²) < 4.78 is 8.51. The topological polar surface area (TPSA) is 43.6 Å². The molecule has 0 saturated carbocycles. The number of thiazole rings is 1. The molecule has 1 aromatic heterocycles. The molecule has 2 aromatic carbocycles. The standard InChI is InChI=1S/C21H24N2O2S2/c1-5-26-17-8-6-16(7-9-17)20(24)22-21-23(10-11-25-4)18-13-14(2)12-15(3)19(18)27-21/h6-9,12-13H,5,10-11H2,1-4H3. The first kappa shape index (κ1) is 19.9. The summed E-state index contributed by atoms with van der Waals surface area (Å²) in [7, 11) is 1.68. The number of aryl methyl sites for hydroxylation is 2. The molecule has 3 aromatic rings. The number of benzene rings is 2. The highest BCUT2D eigenvalue weighted by molar-refractivity contribution is 7.99. The Hall–Kier alpha value is -1.89. The van der Waals surface area contributed by atoms with Crippen LogP contribution in [-0.2, 0) is 11.3 Å². The van der Waals surface area contributed by atoms with E-state index >= 15 is 0 Å². The Morgan fingerprint density at radius 1 is 1.22 bits per heavy atom. The molecule has 4 nitrogen and oxygen atoms in total. The zero-order chi connectivity index (χ0) is 19.4. The van der Waals surface area contributed by atoms with Gasteiger partial charge in [0.2, 0.25) is 0 Å². The first-order valence-corrected chi connectivity index (χ1v) is 10.7. The highest BCUT2D eigenvalue weighted by Crippen LogP contribution is 2.24. The van der Waals surface area contributed by atoms with Gasteiger partial charge in [0.1, 0.15) is 0 Å². The number of amides is 1. The number of fused-ring (bicyclic) bond motifs is 1. The van der Waals surface area contributed by atoms with E-state index in [9.17, 15) is 4.79 Å². The van der Waals surface area contributed by atoms with Crippen molar-refractivity contribution in [2.45, 2.75) is 32.2 Å². The van der Waals surface area contributed by atoms with Crippen molar-refractivity contribution in [3.8, 4) is 0 Å². The third-order valence-corrected chi connectivity index (χ3v) is 6.37. The Kier molecular flexibility index (Phi) is 6.52. The van der Waals surface area contributed by atoms with Crippen LogP contribution in [0.2, 0.25) is 0 Å². The zero-order valence-corrected chi connectivity index (χ0v) is 17.7.